The molecule has 4 nitrogen and oxygen atoms in total. The van der Waals surface area contributed by atoms with Gasteiger partial charge in [0.05, 0.1) is 33.4 Å². The summed E-state index contributed by atoms with van der Waals surface area (Å²) in [7, 11) is 0. The Kier molecular flexibility index (Phi) is 5.07. The van der Waals surface area contributed by atoms with E-state index in [0.717, 1.165) is 58.2 Å². The van der Waals surface area contributed by atoms with Crippen molar-refractivity contribution in [3.05, 3.63) is 119 Å². The molecule has 0 amide bonds. The maximum atomic E-state index is 6.60. The number of aryl methyl sites for hydroxylation is 4. The van der Waals surface area contributed by atoms with Gasteiger partial charge in [-0.25, -0.2) is 0 Å². The highest BCUT2D eigenvalue weighted by atomic mass is 16.5. The summed E-state index contributed by atoms with van der Waals surface area (Å²) in [5.41, 5.74) is 14.2. The molecular formula is C42H32N2O2. The maximum absolute atomic E-state index is 6.60. The van der Waals surface area contributed by atoms with Crippen LogP contribution in [-0.2, 0) is 12.8 Å². The fourth-order valence-corrected chi connectivity index (χ4v) is 7.81. The van der Waals surface area contributed by atoms with Gasteiger partial charge in [0.2, 0.25) is 0 Å². The lowest BCUT2D eigenvalue weighted by atomic mass is 9.99. The molecule has 0 unspecified atom stereocenters. The molecule has 0 radical (unpaired) electrons. The molecule has 2 aromatic heterocycles. The molecule has 10 rings (SSSR count). The molecule has 4 heterocycles. The molecule has 0 atom stereocenters. The highest BCUT2D eigenvalue weighted by Crippen LogP contribution is 2.49. The summed E-state index contributed by atoms with van der Waals surface area (Å²) in [6.07, 6.45) is 1.93. The second-order valence-electron chi connectivity index (χ2n) is 13.0. The molecule has 6 aromatic carbocycles. The Morgan fingerprint density at radius 2 is 1.00 bits per heavy atom. The van der Waals surface area contributed by atoms with Gasteiger partial charge in [0.15, 0.2) is 23.0 Å². The maximum Gasteiger partial charge on any atom is 0.152 e. The predicted octanol–water partition coefficient (Wildman–Crippen LogP) is 11.5. The lowest BCUT2D eigenvalue weighted by Crippen LogP contribution is -2.05. The van der Waals surface area contributed by atoms with Crippen molar-refractivity contribution in [3.63, 3.8) is 0 Å². The predicted molar refractivity (Wildman–Crippen MR) is 189 cm³/mol. The highest BCUT2D eigenvalue weighted by molar-refractivity contribution is 6.15. The number of hydrogen-bond donors (Lipinski definition) is 0. The van der Waals surface area contributed by atoms with E-state index in [2.05, 4.69) is 134 Å². The molecule has 0 fully saturated rings. The topological polar surface area (TPSA) is 28.3 Å². The number of benzene rings is 6. The quantitative estimate of drug-likeness (QED) is 0.203. The second kappa shape index (κ2) is 9.04. The van der Waals surface area contributed by atoms with Crippen molar-refractivity contribution in [2.75, 3.05) is 0 Å². The van der Waals surface area contributed by atoms with Gasteiger partial charge < -0.3 is 18.6 Å². The van der Waals surface area contributed by atoms with E-state index < -0.39 is 0 Å². The van der Waals surface area contributed by atoms with Crippen LogP contribution in [-0.4, -0.2) is 9.13 Å². The summed E-state index contributed by atoms with van der Waals surface area (Å²) >= 11 is 0. The van der Waals surface area contributed by atoms with E-state index in [1.807, 2.05) is 0 Å². The molecule has 0 saturated heterocycles. The number of hydrogen-bond acceptors (Lipinski definition) is 2. The van der Waals surface area contributed by atoms with Gasteiger partial charge in [0.25, 0.3) is 0 Å². The Morgan fingerprint density at radius 1 is 0.457 bits per heavy atom. The zero-order valence-corrected chi connectivity index (χ0v) is 26.4. The molecule has 0 spiro atoms. The minimum atomic E-state index is 0.905. The fourth-order valence-electron chi connectivity index (χ4n) is 7.81. The van der Waals surface area contributed by atoms with Gasteiger partial charge in [-0.15, -0.1) is 0 Å². The zero-order valence-electron chi connectivity index (χ0n) is 26.4. The van der Waals surface area contributed by atoms with E-state index in [0.29, 0.717) is 0 Å². The third-order valence-corrected chi connectivity index (χ3v) is 10.1. The van der Waals surface area contributed by atoms with E-state index in [9.17, 15) is 0 Å². The first-order chi connectivity index (χ1) is 22.5. The molecule has 46 heavy (non-hydrogen) atoms. The molecule has 0 bridgehead atoms. The molecule has 8 aromatic rings. The Morgan fingerprint density at radius 3 is 1.65 bits per heavy atom. The molecule has 0 aliphatic carbocycles. The van der Waals surface area contributed by atoms with Crippen LogP contribution in [0.1, 0.15) is 36.1 Å². The molecule has 2 aliphatic heterocycles. The van der Waals surface area contributed by atoms with Crippen LogP contribution in [0.15, 0.2) is 97.1 Å². The van der Waals surface area contributed by atoms with Crippen LogP contribution >= 0.6 is 0 Å². The van der Waals surface area contributed by atoms with Crippen molar-refractivity contribution in [1.82, 2.24) is 9.13 Å². The third kappa shape index (κ3) is 3.39. The largest absolute Gasteiger partial charge is 0.453 e. The first-order valence-corrected chi connectivity index (χ1v) is 16.3. The van der Waals surface area contributed by atoms with E-state index in [1.54, 1.807) is 0 Å². The standard InChI is InChI=1S/C42H32N2O2/c1-5-25-8-12-36-38(19-25)46-40-20-26(6-2)18-32-30-22-28(10-14-34(30)44(36)42(32)40)27-9-13-33-29(21-27)31-15-24(4)17-39-41(31)43(33)35-11-7-23(3)16-37(35)45-39/h7-22H,5-6H2,1-4H3. The van der Waals surface area contributed by atoms with Crippen molar-refractivity contribution in [2.24, 2.45) is 0 Å². The third-order valence-electron chi connectivity index (χ3n) is 10.1. The highest BCUT2D eigenvalue weighted by Gasteiger charge is 2.27. The van der Waals surface area contributed by atoms with E-state index in [4.69, 9.17) is 9.47 Å². The smallest absolute Gasteiger partial charge is 0.152 e. The Balaban J connectivity index is 1.22. The van der Waals surface area contributed by atoms with Gasteiger partial charge in [0.1, 0.15) is 0 Å². The summed E-state index contributed by atoms with van der Waals surface area (Å²) in [4.78, 5) is 0. The summed E-state index contributed by atoms with van der Waals surface area (Å²) in [6, 6.07) is 36.0. The van der Waals surface area contributed by atoms with Crippen LogP contribution in [0.25, 0.3) is 66.1 Å². The Hall–Kier alpha value is -5.48. The van der Waals surface area contributed by atoms with Crippen LogP contribution < -0.4 is 9.47 Å². The Bertz CT molecular complexity index is 2630. The van der Waals surface area contributed by atoms with Crippen LogP contribution in [0.5, 0.6) is 23.0 Å². The second-order valence-corrected chi connectivity index (χ2v) is 13.0. The van der Waals surface area contributed by atoms with Gasteiger partial charge >= 0.3 is 0 Å². The fraction of sp³-hybridized carbons (Fsp3) is 0.143. The van der Waals surface area contributed by atoms with Gasteiger partial charge in [-0.05, 0) is 133 Å². The van der Waals surface area contributed by atoms with Gasteiger partial charge in [-0.1, -0.05) is 38.1 Å². The molecule has 222 valence electrons. The number of aromatic nitrogens is 2. The number of fused-ring (bicyclic) bond motifs is 10. The summed E-state index contributed by atoms with van der Waals surface area (Å²) in [5.74, 6) is 3.69. The van der Waals surface area contributed by atoms with Crippen molar-refractivity contribution >= 4 is 43.6 Å². The van der Waals surface area contributed by atoms with Crippen molar-refractivity contribution < 1.29 is 9.47 Å². The van der Waals surface area contributed by atoms with Crippen LogP contribution in [0, 0.1) is 13.8 Å². The number of rotatable bonds is 3. The monoisotopic (exact) mass is 596 g/mol. The molecule has 0 saturated carbocycles. The van der Waals surface area contributed by atoms with Gasteiger partial charge in [-0.3, -0.25) is 0 Å². The van der Waals surface area contributed by atoms with Crippen LogP contribution in [0.2, 0.25) is 0 Å². The van der Waals surface area contributed by atoms with Gasteiger partial charge in [-0.2, -0.15) is 0 Å². The van der Waals surface area contributed by atoms with Crippen molar-refractivity contribution in [1.29, 1.82) is 0 Å². The lowest BCUT2D eigenvalue weighted by molar-refractivity contribution is 0.475. The number of nitrogens with zero attached hydrogens (tertiary/aromatic N) is 2. The van der Waals surface area contributed by atoms with Crippen molar-refractivity contribution in [2.45, 2.75) is 40.5 Å². The first-order valence-electron chi connectivity index (χ1n) is 16.3. The lowest BCUT2D eigenvalue weighted by Gasteiger charge is -2.22. The van der Waals surface area contributed by atoms with Crippen LogP contribution in [0.4, 0.5) is 0 Å². The molecule has 2 aliphatic rings. The van der Waals surface area contributed by atoms with Gasteiger partial charge in [0, 0.05) is 21.5 Å². The zero-order chi connectivity index (χ0) is 30.8. The SMILES string of the molecule is CCc1ccc2c(c1)Oc1cc(CC)cc3c4cc(-c5ccc6c(c5)c5cc(C)cc7c5n6-c5ccc(C)cc5O7)ccc4n-2c13. The average Bonchev–Trinajstić information content (AvgIpc) is 3.58. The van der Waals surface area contributed by atoms with E-state index in [1.165, 1.54) is 66.0 Å². The Labute approximate surface area is 267 Å². The van der Waals surface area contributed by atoms with E-state index in [-0.39, 0.29) is 0 Å². The van der Waals surface area contributed by atoms with Crippen molar-refractivity contribution in [3.8, 4) is 45.5 Å². The average molecular weight is 597 g/mol. The summed E-state index contributed by atoms with van der Waals surface area (Å²) in [5, 5.41) is 4.94. The first kappa shape index (κ1) is 25.8. The molecule has 0 N–H and O–H groups in total. The number of ether oxygens (including phenoxy) is 2. The minimum absolute atomic E-state index is 0.905. The molecule has 4 heteroatoms. The summed E-state index contributed by atoms with van der Waals surface area (Å²) < 4.78 is 17.9. The van der Waals surface area contributed by atoms with Crippen LogP contribution in [0.3, 0.4) is 0 Å². The normalized spacial score (nSPS) is 12.9. The summed E-state index contributed by atoms with van der Waals surface area (Å²) in [6.45, 7) is 8.67. The van der Waals surface area contributed by atoms with E-state index >= 15 is 0 Å². The minimum Gasteiger partial charge on any atom is -0.453 e. The molecular weight excluding hydrogens is 564 g/mol.